The number of carbonyl (C=O) groups is 1. The molecule has 1 aromatic rings. The Balaban J connectivity index is 2.08. The maximum absolute atomic E-state index is 11.6. The molecule has 80 valence electrons. The summed E-state index contributed by atoms with van der Waals surface area (Å²) in [6, 6.07) is 7.78. The van der Waals surface area contributed by atoms with Gasteiger partial charge in [-0.15, -0.1) is 0 Å². The minimum atomic E-state index is 0.0613. The quantitative estimate of drug-likeness (QED) is 0.766. The second kappa shape index (κ2) is 4.33. The summed E-state index contributed by atoms with van der Waals surface area (Å²) in [6.45, 7) is 0.886. The SMILES string of the molecule is CN1CCC(=O)C1Cc1ccc(Cl)cc1. The average molecular weight is 224 g/mol. The number of ketones is 1. The van der Waals surface area contributed by atoms with Crippen molar-refractivity contribution in [3.63, 3.8) is 0 Å². The predicted molar refractivity (Wildman–Crippen MR) is 61.2 cm³/mol. The zero-order chi connectivity index (χ0) is 10.8. The average Bonchev–Trinajstić information content (AvgIpc) is 2.53. The lowest BCUT2D eigenvalue weighted by atomic mass is 10.0. The highest BCUT2D eigenvalue weighted by Gasteiger charge is 2.29. The summed E-state index contributed by atoms with van der Waals surface area (Å²) in [7, 11) is 2.01. The van der Waals surface area contributed by atoms with E-state index in [9.17, 15) is 4.79 Å². The molecule has 0 aromatic heterocycles. The highest BCUT2D eigenvalue weighted by molar-refractivity contribution is 6.30. The number of nitrogens with zero attached hydrogens (tertiary/aromatic N) is 1. The van der Waals surface area contributed by atoms with Gasteiger partial charge in [0.15, 0.2) is 5.78 Å². The van der Waals surface area contributed by atoms with Crippen LogP contribution in [0.15, 0.2) is 24.3 Å². The van der Waals surface area contributed by atoms with Gasteiger partial charge in [0, 0.05) is 18.0 Å². The first kappa shape index (κ1) is 10.7. The van der Waals surface area contributed by atoms with Crippen LogP contribution in [0.2, 0.25) is 5.02 Å². The number of hydrogen-bond donors (Lipinski definition) is 0. The fourth-order valence-corrected chi connectivity index (χ4v) is 2.09. The van der Waals surface area contributed by atoms with Crippen LogP contribution in [-0.4, -0.2) is 30.3 Å². The van der Waals surface area contributed by atoms with E-state index in [-0.39, 0.29) is 6.04 Å². The summed E-state index contributed by atoms with van der Waals surface area (Å²) < 4.78 is 0. The smallest absolute Gasteiger partial charge is 0.151 e. The third-order valence-corrected chi connectivity index (χ3v) is 3.21. The molecule has 1 unspecified atom stereocenters. The lowest BCUT2D eigenvalue weighted by molar-refractivity contribution is -0.119. The standard InChI is InChI=1S/C12H14ClNO/c1-14-7-6-12(15)11(14)8-9-2-4-10(13)5-3-9/h2-5,11H,6-8H2,1H3. The molecule has 2 nitrogen and oxygen atoms in total. The van der Waals surface area contributed by atoms with E-state index >= 15 is 0 Å². The number of Topliss-reactive ketones (excluding diaryl/α,β-unsaturated/α-hetero) is 1. The highest BCUT2D eigenvalue weighted by atomic mass is 35.5. The van der Waals surface area contributed by atoms with E-state index in [4.69, 9.17) is 11.6 Å². The molecule has 1 aliphatic heterocycles. The largest absolute Gasteiger partial charge is 0.298 e. The molecule has 1 aromatic carbocycles. The molecular formula is C12H14ClNO. The van der Waals surface area contributed by atoms with Crippen LogP contribution >= 0.6 is 11.6 Å². The molecule has 1 heterocycles. The lowest BCUT2D eigenvalue weighted by Crippen LogP contribution is -2.31. The van der Waals surface area contributed by atoms with Crippen LogP contribution in [0.3, 0.4) is 0 Å². The second-order valence-corrected chi connectivity index (χ2v) is 4.48. The third-order valence-electron chi connectivity index (χ3n) is 2.96. The number of hydrogen-bond acceptors (Lipinski definition) is 2. The summed E-state index contributed by atoms with van der Waals surface area (Å²) in [4.78, 5) is 13.7. The molecule has 0 N–H and O–H groups in total. The number of rotatable bonds is 2. The zero-order valence-electron chi connectivity index (χ0n) is 8.74. The summed E-state index contributed by atoms with van der Waals surface area (Å²) in [6.07, 6.45) is 1.49. The molecule has 1 fully saturated rings. The van der Waals surface area contributed by atoms with Crippen LogP contribution in [0.5, 0.6) is 0 Å². The maximum atomic E-state index is 11.6. The molecule has 15 heavy (non-hydrogen) atoms. The Hall–Kier alpha value is -0.860. The topological polar surface area (TPSA) is 20.3 Å². The monoisotopic (exact) mass is 223 g/mol. The summed E-state index contributed by atoms with van der Waals surface area (Å²) in [5, 5.41) is 0.741. The minimum Gasteiger partial charge on any atom is -0.298 e. The van der Waals surface area contributed by atoms with Crippen LogP contribution in [-0.2, 0) is 11.2 Å². The Morgan fingerprint density at radius 2 is 2.07 bits per heavy atom. The van der Waals surface area contributed by atoms with E-state index < -0.39 is 0 Å². The number of carbonyl (C=O) groups excluding carboxylic acids is 1. The fraction of sp³-hybridized carbons (Fsp3) is 0.417. The molecule has 0 amide bonds. The maximum Gasteiger partial charge on any atom is 0.151 e. The number of halogens is 1. The van der Waals surface area contributed by atoms with E-state index in [1.54, 1.807) is 0 Å². The molecule has 3 heteroatoms. The summed E-state index contributed by atoms with van der Waals surface area (Å²) >= 11 is 5.81. The third kappa shape index (κ3) is 2.39. The zero-order valence-corrected chi connectivity index (χ0v) is 9.50. The molecule has 0 saturated carbocycles. The van der Waals surface area contributed by atoms with Crippen molar-refractivity contribution < 1.29 is 4.79 Å². The Morgan fingerprint density at radius 1 is 1.40 bits per heavy atom. The van der Waals surface area contributed by atoms with Crippen molar-refractivity contribution in [3.05, 3.63) is 34.9 Å². The molecule has 0 aliphatic carbocycles. The lowest BCUT2D eigenvalue weighted by Gasteiger charge is -2.17. The van der Waals surface area contributed by atoms with E-state index in [0.29, 0.717) is 12.2 Å². The summed E-state index contributed by atoms with van der Waals surface area (Å²) in [5.41, 5.74) is 1.17. The van der Waals surface area contributed by atoms with Crippen LogP contribution in [0.25, 0.3) is 0 Å². The Kier molecular flexibility index (Phi) is 3.08. The predicted octanol–water partition coefficient (Wildman–Crippen LogP) is 2.16. The molecule has 1 aliphatic rings. The van der Waals surface area contributed by atoms with Crippen LogP contribution in [0, 0.1) is 0 Å². The van der Waals surface area contributed by atoms with Crippen molar-refractivity contribution in [1.82, 2.24) is 4.90 Å². The fourth-order valence-electron chi connectivity index (χ4n) is 1.97. The normalized spacial score (nSPS) is 22.3. The van der Waals surface area contributed by atoms with Gasteiger partial charge >= 0.3 is 0 Å². The number of likely N-dealkylation sites (N-methyl/N-ethyl adjacent to an activating group) is 1. The van der Waals surface area contributed by atoms with E-state index in [1.807, 2.05) is 31.3 Å². The van der Waals surface area contributed by atoms with Crippen molar-refractivity contribution in [3.8, 4) is 0 Å². The van der Waals surface area contributed by atoms with Gasteiger partial charge in [0.25, 0.3) is 0 Å². The molecule has 0 radical (unpaired) electrons. The Morgan fingerprint density at radius 3 is 2.60 bits per heavy atom. The van der Waals surface area contributed by atoms with Gasteiger partial charge in [-0.05, 0) is 31.2 Å². The van der Waals surface area contributed by atoms with Crippen molar-refractivity contribution in [2.24, 2.45) is 0 Å². The van der Waals surface area contributed by atoms with Gasteiger partial charge in [-0.2, -0.15) is 0 Å². The molecule has 1 atom stereocenters. The molecular weight excluding hydrogens is 210 g/mol. The van der Waals surface area contributed by atoms with Crippen molar-refractivity contribution in [1.29, 1.82) is 0 Å². The van der Waals surface area contributed by atoms with E-state index in [1.165, 1.54) is 5.56 Å². The van der Waals surface area contributed by atoms with Crippen LogP contribution in [0.4, 0.5) is 0 Å². The van der Waals surface area contributed by atoms with E-state index in [2.05, 4.69) is 4.90 Å². The highest BCUT2D eigenvalue weighted by Crippen LogP contribution is 2.17. The molecule has 0 spiro atoms. The number of benzene rings is 1. The van der Waals surface area contributed by atoms with Gasteiger partial charge in [-0.25, -0.2) is 0 Å². The van der Waals surface area contributed by atoms with E-state index in [0.717, 1.165) is 18.0 Å². The summed E-state index contributed by atoms with van der Waals surface area (Å²) in [5.74, 6) is 0.354. The van der Waals surface area contributed by atoms with Crippen molar-refractivity contribution in [2.45, 2.75) is 18.9 Å². The molecule has 1 saturated heterocycles. The minimum absolute atomic E-state index is 0.0613. The van der Waals surface area contributed by atoms with Crippen molar-refractivity contribution in [2.75, 3.05) is 13.6 Å². The first-order valence-corrected chi connectivity index (χ1v) is 5.52. The van der Waals surface area contributed by atoms with Crippen molar-refractivity contribution >= 4 is 17.4 Å². The molecule has 0 bridgehead atoms. The van der Waals surface area contributed by atoms with Gasteiger partial charge in [0.1, 0.15) is 0 Å². The van der Waals surface area contributed by atoms with Gasteiger partial charge < -0.3 is 0 Å². The van der Waals surface area contributed by atoms with Gasteiger partial charge in [0.05, 0.1) is 6.04 Å². The Bertz CT molecular complexity index is 360. The first-order chi connectivity index (χ1) is 7.16. The van der Waals surface area contributed by atoms with Crippen LogP contribution < -0.4 is 0 Å². The van der Waals surface area contributed by atoms with Crippen LogP contribution in [0.1, 0.15) is 12.0 Å². The van der Waals surface area contributed by atoms with Gasteiger partial charge in [-0.3, -0.25) is 9.69 Å². The Labute approximate surface area is 94.8 Å². The second-order valence-electron chi connectivity index (χ2n) is 4.04. The molecule has 2 rings (SSSR count). The first-order valence-electron chi connectivity index (χ1n) is 5.14. The number of likely N-dealkylation sites (tertiary alicyclic amines) is 1. The van der Waals surface area contributed by atoms with Gasteiger partial charge in [0.2, 0.25) is 0 Å². The van der Waals surface area contributed by atoms with Gasteiger partial charge in [-0.1, -0.05) is 23.7 Å².